The highest BCUT2D eigenvalue weighted by molar-refractivity contribution is 5.95. The predicted octanol–water partition coefficient (Wildman–Crippen LogP) is 4.72. The molecule has 1 aliphatic heterocycles. The summed E-state index contributed by atoms with van der Waals surface area (Å²) < 4.78 is 8.09. The molecule has 35 heavy (non-hydrogen) atoms. The van der Waals surface area contributed by atoms with Gasteiger partial charge in [-0.05, 0) is 47.5 Å². The third-order valence-corrected chi connectivity index (χ3v) is 6.66. The highest BCUT2D eigenvalue weighted by atomic mass is 16.3. The number of para-hydroxylation sites is 1. The molecule has 0 aliphatic carbocycles. The molecule has 7 nitrogen and oxygen atoms in total. The van der Waals surface area contributed by atoms with E-state index in [1.807, 2.05) is 88.4 Å². The number of piperazine rings is 1. The van der Waals surface area contributed by atoms with Gasteiger partial charge in [0.2, 0.25) is 5.91 Å². The van der Waals surface area contributed by atoms with E-state index in [1.54, 1.807) is 11.8 Å². The van der Waals surface area contributed by atoms with Crippen molar-refractivity contribution in [2.24, 2.45) is 0 Å². The molecule has 0 radical (unpaired) electrons. The highest BCUT2D eigenvalue weighted by Gasteiger charge is 2.23. The third kappa shape index (κ3) is 3.85. The van der Waals surface area contributed by atoms with Crippen LogP contribution in [0.1, 0.15) is 17.3 Å². The minimum absolute atomic E-state index is 0.00279. The van der Waals surface area contributed by atoms with Gasteiger partial charge in [0.15, 0.2) is 5.76 Å². The summed E-state index contributed by atoms with van der Waals surface area (Å²) in [7, 11) is 0. The fraction of sp³-hybridized carbons (Fsp3) is 0.179. The van der Waals surface area contributed by atoms with Crippen molar-refractivity contribution in [3.63, 3.8) is 0 Å². The lowest BCUT2D eigenvalue weighted by Crippen LogP contribution is -2.50. The van der Waals surface area contributed by atoms with Crippen LogP contribution in [0.5, 0.6) is 0 Å². The van der Waals surface area contributed by atoms with Crippen LogP contribution in [0, 0.1) is 0 Å². The molecule has 4 heterocycles. The molecule has 0 N–H and O–H groups in total. The lowest BCUT2D eigenvalue weighted by atomic mass is 10.0. The van der Waals surface area contributed by atoms with Crippen LogP contribution in [0.15, 0.2) is 83.5 Å². The van der Waals surface area contributed by atoms with Crippen LogP contribution in [-0.2, 0) is 4.79 Å². The molecule has 0 saturated carbocycles. The molecule has 0 bridgehead atoms. The van der Waals surface area contributed by atoms with Crippen molar-refractivity contribution in [3.05, 3.63) is 84.7 Å². The van der Waals surface area contributed by atoms with Crippen LogP contribution >= 0.6 is 0 Å². The van der Waals surface area contributed by atoms with E-state index in [-0.39, 0.29) is 11.8 Å². The summed E-state index contributed by atoms with van der Waals surface area (Å²) in [4.78, 5) is 32.6. The Labute approximate surface area is 202 Å². The summed E-state index contributed by atoms with van der Waals surface area (Å²) in [5, 5.41) is 1.05. The molecule has 1 aliphatic rings. The van der Waals surface area contributed by atoms with Gasteiger partial charge in [-0.15, -0.1) is 0 Å². The largest absolute Gasteiger partial charge is 0.454 e. The molecule has 0 unspecified atom stereocenters. The second-order valence-electron chi connectivity index (χ2n) is 8.81. The maximum Gasteiger partial charge on any atom is 0.253 e. The van der Waals surface area contributed by atoms with E-state index in [9.17, 15) is 9.59 Å². The lowest BCUT2D eigenvalue weighted by molar-refractivity contribution is -0.130. The number of pyridine rings is 1. The van der Waals surface area contributed by atoms with Crippen LogP contribution in [0.4, 0.5) is 0 Å². The first-order chi connectivity index (χ1) is 17.1. The number of nitrogens with zero attached hydrogens (tertiary/aromatic N) is 4. The zero-order chi connectivity index (χ0) is 23.9. The van der Waals surface area contributed by atoms with Gasteiger partial charge in [-0.3, -0.25) is 14.0 Å². The monoisotopic (exact) mass is 464 g/mol. The normalized spacial score (nSPS) is 14.1. The zero-order valence-electron chi connectivity index (χ0n) is 19.3. The topological polar surface area (TPSA) is 71.1 Å². The summed E-state index contributed by atoms with van der Waals surface area (Å²) >= 11 is 0. The van der Waals surface area contributed by atoms with Crippen LogP contribution in [-0.4, -0.2) is 57.2 Å². The number of fused-ring (bicyclic) bond motifs is 2. The molecule has 2 aromatic carbocycles. The van der Waals surface area contributed by atoms with E-state index in [0.29, 0.717) is 31.7 Å². The fourth-order valence-corrected chi connectivity index (χ4v) is 4.65. The van der Waals surface area contributed by atoms with Crippen molar-refractivity contribution in [2.45, 2.75) is 6.92 Å². The number of imidazole rings is 1. The van der Waals surface area contributed by atoms with Gasteiger partial charge >= 0.3 is 0 Å². The number of carbonyl (C=O) groups excluding carboxylic acids is 2. The van der Waals surface area contributed by atoms with Gasteiger partial charge in [-0.2, -0.15) is 0 Å². The van der Waals surface area contributed by atoms with Gasteiger partial charge in [0.1, 0.15) is 16.9 Å². The Morgan fingerprint density at radius 3 is 2.31 bits per heavy atom. The Kier molecular flexibility index (Phi) is 5.10. The lowest BCUT2D eigenvalue weighted by Gasteiger charge is -2.34. The fourth-order valence-electron chi connectivity index (χ4n) is 4.65. The first-order valence-electron chi connectivity index (χ1n) is 11.7. The maximum atomic E-state index is 12.9. The van der Waals surface area contributed by atoms with E-state index in [1.165, 1.54) is 0 Å². The average molecular weight is 465 g/mol. The highest BCUT2D eigenvalue weighted by Crippen LogP contribution is 2.30. The molecule has 0 spiro atoms. The van der Waals surface area contributed by atoms with Crippen molar-refractivity contribution in [1.82, 2.24) is 19.2 Å². The van der Waals surface area contributed by atoms with Gasteiger partial charge in [-0.1, -0.05) is 30.3 Å². The molecule has 5 aromatic rings. The van der Waals surface area contributed by atoms with Gasteiger partial charge in [0, 0.05) is 50.2 Å². The molecule has 1 fully saturated rings. The third-order valence-electron chi connectivity index (χ3n) is 6.66. The van der Waals surface area contributed by atoms with Gasteiger partial charge in [-0.25, -0.2) is 4.98 Å². The predicted molar refractivity (Wildman–Crippen MR) is 134 cm³/mol. The maximum absolute atomic E-state index is 12.9. The summed E-state index contributed by atoms with van der Waals surface area (Å²) in [5.41, 5.74) is 5.24. The SMILES string of the molecule is CC(=O)N1CCN(C(=O)c2ccc(-c3ccc4ncc(-c5cc6ccccc6o5)n4c3)cc2)CC1. The first-order valence-corrected chi connectivity index (χ1v) is 11.7. The van der Waals surface area contributed by atoms with E-state index in [4.69, 9.17) is 4.42 Å². The van der Waals surface area contributed by atoms with Crippen molar-refractivity contribution in [1.29, 1.82) is 0 Å². The van der Waals surface area contributed by atoms with Gasteiger partial charge in [0.05, 0.1) is 6.20 Å². The van der Waals surface area contributed by atoms with Crippen LogP contribution < -0.4 is 0 Å². The quantitative estimate of drug-likeness (QED) is 0.387. The molecule has 174 valence electrons. The number of benzene rings is 2. The zero-order valence-corrected chi connectivity index (χ0v) is 19.3. The van der Waals surface area contributed by atoms with E-state index < -0.39 is 0 Å². The van der Waals surface area contributed by atoms with E-state index in [2.05, 4.69) is 4.98 Å². The summed E-state index contributed by atoms with van der Waals surface area (Å²) in [6.45, 7) is 3.84. The average Bonchev–Trinajstić information content (AvgIpc) is 3.52. The Morgan fingerprint density at radius 1 is 0.857 bits per heavy atom. The van der Waals surface area contributed by atoms with Crippen molar-refractivity contribution in [3.8, 4) is 22.6 Å². The van der Waals surface area contributed by atoms with Crippen LogP contribution in [0.25, 0.3) is 39.2 Å². The summed E-state index contributed by atoms with van der Waals surface area (Å²) in [6, 6.07) is 21.7. The number of rotatable bonds is 3. The second-order valence-corrected chi connectivity index (χ2v) is 8.81. The molecule has 2 amide bonds. The number of aromatic nitrogens is 2. The van der Waals surface area contributed by atoms with Crippen LogP contribution in [0.2, 0.25) is 0 Å². The number of hydrogen-bond donors (Lipinski definition) is 0. The molecule has 1 saturated heterocycles. The van der Waals surface area contributed by atoms with Crippen LogP contribution in [0.3, 0.4) is 0 Å². The Morgan fingerprint density at radius 2 is 1.57 bits per heavy atom. The molecule has 3 aromatic heterocycles. The van der Waals surface area contributed by atoms with Crippen molar-refractivity contribution in [2.75, 3.05) is 26.2 Å². The molecule has 0 atom stereocenters. The standard InChI is InChI=1S/C28H24N4O3/c1-19(33)30-12-14-31(15-13-30)28(34)21-8-6-20(7-9-21)23-10-11-27-29-17-24(32(27)18-23)26-16-22-4-2-3-5-25(22)35-26/h2-11,16-18H,12-15H2,1H3. The Hall–Kier alpha value is -4.39. The minimum atomic E-state index is -0.00279. The Balaban J connectivity index is 1.26. The second kappa shape index (κ2) is 8.43. The minimum Gasteiger partial charge on any atom is -0.454 e. The molecular weight excluding hydrogens is 440 g/mol. The van der Waals surface area contributed by atoms with E-state index >= 15 is 0 Å². The van der Waals surface area contributed by atoms with Gasteiger partial charge in [0.25, 0.3) is 5.91 Å². The smallest absolute Gasteiger partial charge is 0.253 e. The molecule has 6 rings (SSSR count). The van der Waals surface area contributed by atoms with E-state index in [0.717, 1.165) is 39.2 Å². The molecule has 7 heteroatoms. The number of hydrogen-bond acceptors (Lipinski definition) is 4. The molecular formula is C28H24N4O3. The number of amides is 2. The Bertz CT molecular complexity index is 1520. The van der Waals surface area contributed by atoms with Crippen molar-refractivity contribution >= 4 is 28.4 Å². The summed E-state index contributed by atoms with van der Waals surface area (Å²) in [5.74, 6) is 0.818. The van der Waals surface area contributed by atoms with Crippen molar-refractivity contribution < 1.29 is 14.0 Å². The first kappa shape index (κ1) is 21.2. The van der Waals surface area contributed by atoms with Gasteiger partial charge < -0.3 is 14.2 Å². The summed E-state index contributed by atoms with van der Waals surface area (Å²) in [6.07, 6.45) is 3.87. The number of carbonyl (C=O) groups is 2. The number of furan rings is 1.